The zero-order chi connectivity index (χ0) is 17.3. The highest BCUT2D eigenvalue weighted by molar-refractivity contribution is 7.90. The Balaban J connectivity index is 2.25. The fourth-order valence-electron chi connectivity index (χ4n) is 2.15. The van der Waals surface area contributed by atoms with Gasteiger partial charge in [-0.25, -0.2) is 13.4 Å². The summed E-state index contributed by atoms with van der Waals surface area (Å²) in [7, 11) is -3.34. The molecule has 0 aliphatic rings. The van der Waals surface area contributed by atoms with E-state index >= 15 is 0 Å². The Kier molecular flexibility index (Phi) is 5.23. The van der Waals surface area contributed by atoms with E-state index in [-0.39, 0.29) is 10.3 Å². The summed E-state index contributed by atoms with van der Waals surface area (Å²) in [5, 5.41) is 4.12. The minimum absolute atomic E-state index is 0.185. The summed E-state index contributed by atoms with van der Waals surface area (Å²) < 4.78 is 23.6. The van der Waals surface area contributed by atoms with Crippen molar-refractivity contribution >= 4 is 38.9 Å². The summed E-state index contributed by atoms with van der Waals surface area (Å²) in [6.45, 7) is 4.55. The number of nitrogens with zero attached hydrogens (tertiary/aromatic N) is 1. The Bertz CT molecular complexity index is 821. The van der Waals surface area contributed by atoms with Crippen LogP contribution >= 0.6 is 23.2 Å². The van der Waals surface area contributed by atoms with Gasteiger partial charge in [0.05, 0.1) is 10.0 Å². The average molecular weight is 373 g/mol. The Labute approximate surface area is 146 Å². The van der Waals surface area contributed by atoms with Gasteiger partial charge in [-0.15, -0.1) is 0 Å². The van der Waals surface area contributed by atoms with Crippen LogP contribution in [-0.4, -0.2) is 26.2 Å². The van der Waals surface area contributed by atoms with Crippen molar-refractivity contribution in [2.45, 2.75) is 24.2 Å². The van der Waals surface area contributed by atoms with Gasteiger partial charge >= 0.3 is 0 Å². The molecule has 0 amide bonds. The molecule has 1 N–H and O–H groups in total. The third kappa shape index (κ3) is 4.37. The molecule has 1 heterocycles. The van der Waals surface area contributed by atoms with Crippen molar-refractivity contribution in [3.63, 3.8) is 0 Å². The summed E-state index contributed by atoms with van der Waals surface area (Å²) in [6, 6.07) is 8.62. The van der Waals surface area contributed by atoms with Crippen LogP contribution in [0.5, 0.6) is 0 Å². The molecule has 1 aromatic heterocycles. The molecule has 0 fully saturated rings. The minimum Gasteiger partial charge on any atom is -0.368 e. The van der Waals surface area contributed by atoms with Crippen LogP contribution in [0.4, 0.5) is 5.82 Å². The molecule has 0 radical (unpaired) electrons. The second-order valence-corrected chi connectivity index (χ2v) is 8.79. The molecule has 0 spiro atoms. The number of hydrogen-bond donors (Lipinski definition) is 1. The first-order chi connectivity index (χ1) is 10.6. The maximum absolute atomic E-state index is 11.8. The van der Waals surface area contributed by atoms with Crippen molar-refractivity contribution in [3.8, 4) is 0 Å². The third-order valence-electron chi connectivity index (χ3n) is 3.57. The predicted octanol–water partition coefficient (Wildman–Crippen LogP) is 4.18. The number of aromatic nitrogens is 1. The molecule has 0 saturated heterocycles. The van der Waals surface area contributed by atoms with Gasteiger partial charge in [0.2, 0.25) is 0 Å². The number of anilines is 1. The normalized spacial score (nSPS) is 12.2. The zero-order valence-corrected chi connectivity index (χ0v) is 15.4. The lowest BCUT2D eigenvalue weighted by molar-refractivity contribution is 0.555. The van der Waals surface area contributed by atoms with Crippen molar-refractivity contribution < 1.29 is 8.42 Å². The predicted molar refractivity (Wildman–Crippen MR) is 95.3 cm³/mol. The molecule has 4 nitrogen and oxygen atoms in total. The molecule has 0 unspecified atom stereocenters. The first-order valence-electron chi connectivity index (χ1n) is 6.96. The van der Waals surface area contributed by atoms with Gasteiger partial charge < -0.3 is 5.32 Å². The number of hydrogen-bond acceptors (Lipinski definition) is 4. The smallest absolute Gasteiger partial charge is 0.179 e. The van der Waals surface area contributed by atoms with Crippen LogP contribution in [0.1, 0.15) is 19.4 Å². The summed E-state index contributed by atoms with van der Waals surface area (Å²) in [4.78, 5) is 4.32. The van der Waals surface area contributed by atoms with Crippen LogP contribution in [0.2, 0.25) is 10.0 Å². The van der Waals surface area contributed by atoms with Crippen LogP contribution < -0.4 is 5.32 Å². The summed E-state index contributed by atoms with van der Waals surface area (Å²) in [5.74, 6) is 0.350. The Morgan fingerprint density at radius 1 is 1.17 bits per heavy atom. The molecule has 0 atom stereocenters. The van der Waals surface area contributed by atoms with Gasteiger partial charge in [-0.3, -0.25) is 0 Å². The minimum atomic E-state index is -3.34. The van der Waals surface area contributed by atoms with E-state index < -0.39 is 9.84 Å². The number of benzene rings is 1. The third-order valence-corrected chi connectivity index (χ3v) is 5.44. The number of sulfone groups is 1. The van der Waals surface area contributed by atoms with Crippen LogP contribution in [0.25, 0.3) is 0 Å². The van der Waals surface area contributed by atoms with E-state index in [4.69, 9.17) is 23.2 Å². The molecule has 0 saturated carbocycles. The van der Waals surface area contributed by atoms with E-state index in [2.05, 4.69) is 10.3 Å². The van der Waals surface area contributed by atoms with Crippen molar-refractivity contribution in [2.24, 2.45) is 0 Å². The van der Waals surface area contributed by atoms with E-state index in [0.29, 0.717) is 22.4 Å². The molecule has 2 aromatic rings. The quantitative estimate of drug-likeness (QED) is 0.854. The number of pyridine rings is 1. The highest BCUT2D eigenvalue weighted by atomic mass is 35.5. The molecule has 0 aliphatic carbocycles. The molecular formula is C16H18Cl2N2O2S. The first-order valence-corrected chi connectivity index (χ1v) is 9.60. The molecule has 0 aliphatic heterocycles. The first kappa shape index (κ1) is 18.0. The average Bonchev–Trinajstić information content (AvgIpc) is 2.47. The van der Waals surface area contributed by atoms with Crippen molar-refractivity contribution in [1.29, 1.82) is 0 Å². The highest BCUT2D eigenvalue weighted by Crippen LogP contribution is 2.30. The Morgan fingerprint density at radius 3 is 2.48 bits per heavy atom. The Morgan fingerprint density at radius 2 is 1.87 bits per heavy atom. The van der Waals surface area contributed by atoms with Gasteiger partial charge in [-0.1, -0.05) is 43.1 Å². The fraction of sp³-hybridized carbons (Fsp3) is 0.312. The number of halogens is 2. The fourth-order valence-corrected chi connectivity index (χ4v) is 3.25. The summed E-state index contributed by atoms with van der Waals surface area (Å²) in [5.41, 5.74) is 0.705. The van der Waals surface area contributed by atoms with Crippen molar-refractivity contribution in [1.82, 2.24) is 4.98 Å². The SMILES string of the molecule is CC(C)(CNc1ncccc1S(C)(=O)=O)c1ccc(Cl)c(Cl)c1. The number of nitrogens with one attached hydrogen (secondary N) is 1. The summed E-state index contributed by atoms with van der Waals surface area (Å²) >= 11 is 12.0. The molecule has 23 heavy (non-hydrogen) atoms. The van der Waals surface area contributed by atoms with Crippen molar-refractivity contribution in [2.75, 3.05) is 18.1 Å². The van der Waals surface area contributed by atoms with Gasteiger partial charge in [0.1, 0.15) is 10.7 Å². The van der Waals surface area contributed by atoms with E-state index in [1.165, 1.54) is 12.3 Å². The lowest BCUT2D eigenvalue weighted by atomic mass is 9.84. The van der Waals surface area contributed by atoms with Gasteiger partial charge in [0.15, 0.2) is 9.84 Å². The highest BCUT2D eigenvalue weighted by Gasteiger charge is 2.23. The Hall–Kier alpha value is -1.30. The van der Waals surface area contributed by atoms with E-state index in [1.807, 2.05) is 26.0 Å². The lowest BCUT2D eigenvalue weighted by Gasteiger charge is -2.26. The standard InChI is InChI=1S/C16H18Cl2N2O2S/c1-16(2,11-6-7-12(17)13(18)9-11)10-20-15-14(23(3,21)22)5-4-8-19-15/h4-9H,10H2,1-3H3,(H,19,20). The maximum atomic E-state index is 11.8. The van der Waals surface area contributed by atoms with Gasteiger partial charge in [0.25, 0.3) is 0 Å². The molecule has 2 rings (SSSR count). The topological polar surface area (TPSA) is 59.1 Å². The molecule has 0 bridgehead atoms. The number of rotatable bonds is 5. The second kappa shape index (κ2) is 6.67. The van der Waals surface area contributed by atoms with Gasteiger partial charge in [-0.2, -0.15) is 0 Å². The van der Waals surface area contributed by atoms with Crippen LogP contribution in [0, 0.1) is 0 Å². The molecule has 124 valence electrons. The van der Waals surface area contributed by atoms with Gasteiger partial charge in [0, 0.05) is 24.4 Å². The van der Waals surface area contributed by atoms with E-state index in [9.17, 15) is 8.42 Å². The monoisotopic (exact) mass is 372 g/mol. The largest absolute Gasteiger partial charge is 0.368 e. The van der Waals surface area contributed by atoms with Crippen molar-refractivity contribution in [3.05, 3.63) is 52.1 Å². The lowest BCUT2D eigenvalue weighted by Crippen LogP contribution is -2.28. The van der Waals surface area contributed by atoms with Crippen LogP contribution in [0.15, 0.2) is 41.4 Å². The van der Waals surface area contributed by atoms with Gasteiger partial charge in [-0.05, 0) is 29.8 Å². The maximum Gasteiger partial charge on any atom is 0.179 e. The summed E-state index contributed by atoms with van der Waals surface area (Å²) in [6.07, 6.45) is 2.72. The van der Waals surface area contributed by atoms with Crippen LogP contribution in [-0.2, 0) is 15.3 Å². The van der Waals surface area contributed by atoms with E-state index in [1.54, 1.807) is 18.3 Å². The zero-order valence-electron chi connectivity index (χ0n) is 13.1. The molecule has 1 aromatic carbocycles. The van der Waals surface area contributed by atoms with E-state index in [0.717, 1.165) is 5.56 Å². The second-order valence-electron chi connectivity index (χ2n) is 5.99. The molecule has 7 heteroatoms. The van der Waals surface area contributed by atoms with Crippen LogP contribution in [0.3, 0.4) is 0 Å². The molecular weight excluding hydrogens is 355 g/mol.